The number of anilines is 1. The molecule has 1 amide bonds. The molecule has 10 heteroatoms. The molecule has 0 spiro atoms. The van der Waals surface area contributed by atoms with E-state index in [9.17, 15) is 17.6 Å². The van der Waals surface area contributed by atoms with Crippen molar-refractivity contribution >= 4 is 32.4 Å². The molecule has 2 N–H and O–H groups in total. The molecule has 7 nitrogen and oxygen atoms in total. The molecular weight excluding hydrogens is 427 g/mol. The Labute approximate surface area is 177 Å². The number of thiazole rings is 1. The number of rotatable bonds is 8. The van der Waals surface area contributed by atoms with Gasteiger partial charge in [-0.05, 0) is 42.0 Å². The Hall–Kier alpha value is -3.13. The SMILES string of the molecule is N#CCCNS(=O)(=O)c1ccc(C(=O)Nc2ncc(Cc3ccc(F)cc3)s2)cc1. The van der Waals surface area contributed by atoms with Gasteiger partial charge in [0, 0.05) is 36.0 Å². The van der Waals surface area contributed by atoms with E-state index in [2.05, 4.69) is 15.0 Å². The van der Waals surface area contributed by atoms with Gasteiger partial charge in [-0.3, -0.25) is 10.1 Å². The van der Waals surface area contributed by atoms with Crippen LogP contribution < -0.4 is 10.0 Å². The third kappa shape index (κ3) is 5.70. The number of nitriles is 1. The number of carbonyl (C=O) groups excluding carboxylic acids is 1. The number of aromatic nitrogens is 1. The van der Waals surface area contributed by atoms with Gasteiger partial charge in [-0.1, -0.05) is 12.1 Å². The van der Waals surface area contributed by atoms with E-state index in [0.29, 0.717) is 11.6 Å². The molecule has 0 aliphatic rings. The van der Waals surface area contributed by atoms with Crippen molar-refractivity contribution in [2.45, 2.75) is 17.7 Å². The highest BCUT2D eigenvalue weighted by atomic mass is 32.2. The average Bonchev–Trinajstić information content (AvgIpc) is 3.16. The van der Waals surface area contributed by atoms with Crippen LogP contribution in [0.1, 0.15) is 27.2 Å². The lowest BCUT2D eigenvalue weighted by molar-refractivity contribution is 0.102. The maximum absolute atomic E-state index is 13.0. The maximum Gasteiger partial charge on any atom is 0.257 e. The van der Waals surface area contributed by atoms with Crippen molar-refractivity contribution in [3.05, 3.63) is 76.5 Å². The fourth-order valence-corrected chi connectivity index (χ4v) is 4.40. The Morgan fingerprint density at radius 1 is 1.13 bits per heavy atom. The summed E-state index contributed by atoms with van der Waals surface area (Å²) in [4.78, 5) is 17.5. The molecular formula is C20H17FN4O3S2. The van der Waals surface area contributed by atoms with Crippen molar-refractivity contribution in [1.29, 1.82) is 5.26 Å². The lowest BCUT2D eigenvalue weighted by atomic mass is 10.1. The summed E-state index contributed by atoms with van der Waals surface area (Å²) >= 11 is 1.30. The second-order valence-electron chi connectivity index (χ2n) is 6.22. The highest BCUT2D eigenvalue weighted by molar-refractivity contribution is 7.89. The zero-order valence-electron chi connectivity index (χ0n) is 15.6. The molecule has 1 aromatic heterocycles. The van der Waals surface area contributed by atoms with E-state index in [1.807, 2.05) is 6.07 Å². The molecule has 3 aromatic rings. The van der Waals surface area contributed by atoms with Gasteiger partial charge in [-0.25, -0.2) is 22.5 Å². The third-order valence-corrected chi connectivity index (χ3v) is 6.41. The summed E-state index contributed by atoms with van der Waals surface area (Å²) in [6.07, 6.45) is 2.28. The zero-order chi connectivity index (χ0) is 21.6. The quantitative estimate of drug-likeness (QED) is 0.518. The van der Waals surface area contributed by atoms with E-state index in [-0.39, 0.29) is 29.2 Å². The first-order valence-electron chi connectivity index (χ1n) is 8.84. The van der Waals surface area contributed by atoms with Gasteiger partial charge >= 0.3 is 0 Å². The number of benzene rings is 2. The lowest BCUT2D eigenvalue weighted by Crippen LogP contribution is -2.24. The predicted molar refractivity (Wildman–Crippen MR) is 111 cm³/mol. The molecule has 154 valence electrons. The summed E-state index contributed by atoms with van der Waals surface area (Å²) in [5, 5.41) is 11.6. The van der Waals surface area contributed by atoms with Crippen molar-refractivity contribution in [2.24, 2.45) is 0 Å². The highest BCUT2D eigenvalue weighted by Gasteiger charge is 2.15. The Balaban J connectivity index is 1.61. The van der Waals surface area contributed by atoms with Crippen LogP contribution in [0, 0.1) is 17.1 Å². The zero-order valence-corrected chi connectivity index (χ0v) is 17.3. The molecule has 0 saturated heterocycles. The van der Waals surface area contributed by atoms with Gasteiger partial charge in [0.25, 0.3) is 5.91 Å². The minimum atomic E-state index is -3.73. The standard InChI is InChI=1S/C20H17FN4O3S2/c21-16-6-2-14(3-7-16)12-17-13-23-20(29-17)25-19(26)15-4-8-18(9-5-15)30(27,28)24-11-1-10-22/h2-9,13,24H,1,11-12H2,(H,23,25,26). The van der Waals surface area contributed by atoms with Gasteiger partial charge < -0.3 is 0 Å². The molecule has 0 bridgehead atoms. The molecule has 30 heavy (non-hydrogen) atoms. The molecule has 0 saturated carbocycles. The minimum Gasteiger partial charge on any atom is -0.298 e. The van der Waals surface area contributed by atoms with Crippen molar-refractivity contribution in [2.75, 3.05) is 11.9 Å². The number of carbonyl (C=O) groups is 1. The van der Waals surface area contributed by atoms with Crippen molar-refractivity contribution in [3.8, 4) is 6.07 Å². The van der Waals surface area contributed by atoms with Crippen LogP contribution in [0.25, 0.3) is 0 Å². The lowest BCUT2D eigenvalue weighted by Gasteiger charge is -2.06. The Morgan fingerprint density at radius 2 is 1.83 bits per heavy atom. The first-order chi connectivity index (χ1) is 14.4. The molecule has 0 unspecified atom stereocenters. The summed E-state index contributed by atoms with van der Waals surface area (Å²) in [5.41, 5.74) is 1.21. The molecule has 2 aromatic carbocycles. The number of hydrogen-bond donors (Lipinski definition) is 2. The van der Waals surface area contributed by atoms with Crippen molar-refractivity contribution < 1.29 is 17.6 Å². The predicted octanol–water partition coefficient (Wildman–Crippen LogP) is 3.32. The van der Waals surface area contributed by atoms with Gasteiger partial charge in [0.05, 0.1) is 11.0 Å². The van der Waals surface area contributed by atoms with Crippen LogP contribution in [0.4, 0.5) is 9.52 Å². The molecule has 0 radical (unpaired) electrons. The number of halogens is 1. The van der Waals surface area contributed by atoms with Gasteiger partial charge in [0.2, 0.25) is 10.0 Å². The van der Waals surface area contributed by atoms with Crippen molar-refractivity contribution in [3.63, 3.8) is 0 Å². The van der Waals surface area contributed by atoms with E-state index in [1.165, 1.54) is 47.7 Å². The summed E-state index contributed by atoms with van der Waals surface area (Å²) in [6, 6.07) is 13.5. The third-order valence-electron chi connectivity index (χ3n) is 4.02. The molecule has 0 aliphatic carbocycles. The maximum atomic E-state index is 13.0. The highest BCUT2D eigenvalue weighted by Crippen LogP contribution is 2.22. The van der Waals surface area contributed by atoms with E-state index in [1.54, 1.807) is 18.3 Å². The minimum absolute atomic E-state index is 0.00724. The fraction of sp³-hybridized carbons (Fsp3) is 0.150. The monoisotopic (exact) mass is 444 g/mol. The molecule has 3 rings (SSSR count). The Kier molecular flexibility index (Phi) is 6.89. The van der Waals surface area contributed by atoms with Crippen LogP contribution in [-0.2, 0) is 16.4 Å². The Morgan fingerprint density at radius 3 is 2.50 bits per heavy atom. The van der Waals surface area contributed by atoms with Gasteiger partial charge in [-0.2, -0.15) is 5.26 Å². The number of amides is 1. The van der Waals surface area contributed by atoms with E-state index in [4.69, 9.17) is 5.26 Å². The van der Waals surface area contributed by atoms with E-state index >= 15 is 0 Å². The van der Waals surface area contributed by atoms with Gasteiger partial charge in [0.15, 0.2) is 5.13 Å². The Bertz CT molecular complexity index is 1170. The summed E-state index contributed by atoms with van der Waals surface area (Å²) in [5.74, 6) is -0.716. The topological polar surface area (TPSA) is 112 Å². The number of nitrogens with zero attached hydrogens (tertiary/aromatic N) is 2. The fourth-order valence-electron chi connectivity index (χ4n) is 2.53. The van der Waals surface area contributed by atoms with Crippen LogP contribution in [-0.4, -0.2) is 25.9 Å². The van der Waals surface area contributed by atoms with Gasteiger partial charge in [0.1, 0.15) is 5.82 Å². The van der Waals surface area contributed by atoms with Crippen molar-refractivity contribution in [1.82, 2.24) is 9.71 Å². The summed E-state index contributed by atoms with van der Waals surface area (Å²) < 4.78 is 39.5. The van der Waals surface area contributed by atoms with Crippen LogP contribution in [0.5, 0.6) is 0 Å². The van der Waals surface area contributed by atoms with Crippen LogP contribution in [0.2, 0.25) is 0 Å². The molecule has 0 fully saturated rings. The number of nitrogens with one attached hydrogen (secondary N) is 2. The van der Waals surface area contributed by atoms with Crippen LogP contribution in [0.3, 0.4) is 0 Å². The van der Waals surface area contributed by atoms with Crippen LogP contribution >= 0.6 is 11.3 Å². The molecule has 0 aliphatic heterocycles. The second kappa shape index (κ2) is 9.58. The van der Waals surface area contributed by atoms with Crippen LogP contribution in [0.15, 0.2) is 59.6 Å². The smallest absolute Gasteiger partial charge is 0.257 e. The second-order valence-corrected chi connectivity index (χ2v) is 9.10. The average molecular weight is 445 g/mol. The number of hydrogen-bond acceptors (Lipinski definition) is 6. The first kappa shape index (κ1) is 21.6. The van der Waals surface area contributed by atoms with Gasteiger partial charge in [-0.15, -0.1) is 11.3 Å². The summed E-state index contributed by atoms with van der Waals surface area (Å²) in [6.45, 7) is 0.0192. The largest absolute Gasteiger partial charge is 0.298 e. The molecule has 1 heterocycles. The van der Waals surface area contributed by atoms with E-state index in [0.717, 1.165) is 10.4 Å². The molecule has 0 atom stereocenters. The normalized spacial score (nSPS) is 11.1. The first-order valence-corrected chi connectivity index (χ1v) is 11.1. The number of sulfonamides is 1. The summed E-state index contributed by atoms with van der Waals surface area (Å²) in [7, 11) is -3.73. The van der Waals surface area contributed by atoms with E-state index < -0.39 is 15.9 Å².